The van der Waals surface area contributed by atoms with Gasteiger partial charge in [-0.25, -0.2) is 0 Å². The lowest BCUT2D eigenvalue weighted by Crippen LogP contribution is -2.35. The minimum Gasteiger partial charge on any atom is -0.494 e. The fraction of sp³-hybridized carbons (Fsp3) is 0.609. The summed E-state index contributed by atoms with van der Waals surface area (Å²) in [6.07, 6.45) is 5.84. The van der Waals surface area contributed by atoms with Crippen molar-refractivity contribution in [2.75, 3.05) is 37.0 Å². The highest BCUT2D eigenvalue weighted by Crippen LogP contribution is 2.28. The molecule has 1 atom stereocenters. The summed E-state index contributed by atoms with van der Waals surface area (Å²) in [7, 11) is 0. The summed E-state index contributed by atoms with van der Waals surface area (Å²) in [5, 5.41) is 19.0. The Kier molecular flexibility index (Phi) is 7.71. The van der Waals surface area contributed by atoms with Crippen molar-refractivity contribution in [3.63, 3.8) is 0 Å². The molecule has 0 N–H and O–H groups in total. The molecular weight excluding hydrogens is 410 g/mol. The molecule has 3 heterocycles. The van der Waals surface area contributed by atoms with E-state index in [-0.39, 0.29) is 6.10 Å². The summed E-state index contributed by atoms with van der Waals surface area (Å²) in [4.78, 5) is 2.39. The molecular formula is C23H31N5O2S. The summed E-state index contributed by atoms with van der Waals surface area (Å²) in [5.41, 5.74) is 0.646. The second-order valence-corrected chi connectivity index (χ2v) is 9.45. The maximum Gasteiger partial charge on any atom is 0.228 e. The molecule has 0 spiro atoms. The van der Waals surface area contributed by atoms with E-state index in [9.17, 15) is 0 Å². The Morgan fingerprint density at radius 1 is 1.19 bits per heavy atom. The summed E-state index contributed by atoms with van der Waals surface area (Å²) in [6, 6.07) is 9.36. The predicted molar refractivity (Wildman–Crippen MR) is 122 cm³/mol. The molecule has 0 aliphatic carbocycles. The third-order valence-corrected chi connectivity index (χ3v) is 7.00. The SMILES string of the molecule is CC1CCN(c2nnc(SCCCOc3ccc(C#N)cc3)n2CC2CCCO2)CC1. The maximum atomic E-state index is 8.87. The van der Waals surface area contributed by atoms with Crippen molar-refractivity contribution in [1.29, 1.82) is 5.26 Å². The van der Waals surface area contributed by atoms with Crippen LogP contribution in [0.25, 0.3) is 0 Å². The lowest BCUT2D eigenvalue weighted by Gasteiger charge is -2.31. The average Bonchev–Trinajstić information content (AvgIpc) is 3.45. The van der Waals surface area contributed by atoms with Crippen molar-refractivity contribution in [3.05, 3.63) is 29.8 Å². The van der Waals surface area contributed by atoms with Crippen LogP contribution in [0, 0.1) is 17.2 Å². The van der Waals surface area contributed by atoms with E-state index >= 15 is 0 Å². The van der Waals surface area contributed by atoms with E-state index in [4.69, 9.17) is 14.7 Å². The van der Waals surface area contributed by atoms with Crippen LogP contribution in [0.3, 0.4) is 0 Å². The average molecular weight is 442 g/mol. The lowest BCUT2D eigenvalue weighted by atomic mass is 10.00. The van der Waals surface area contributed by atoms with Gasteiger partial charge in [-0.05, 0) is 62.3 Å². The molecule has 0 bridgehead atoms. The van der Waals surface area contributed by atoms with Gasteiger partial charge in [0.05, 0.1) is 30.9 Å². The summed E-state index contributed by atoms with van der Waals surface area (Å²) >= 11 is 1.74. The van der Waals surface area contributed by atoms with Crippen LogP contribution in [0.4, 0.5) is 5.95 Å². The molecule has 4 rings (SSSR count). The predicted octanol–water partition coefficient (Wildman–Crippen LogP) is 4.13. The second-order valence-electron chi connectivity index (χ2n) is 8.38. The Bertz CT molecular complexity index is 865. The normalized spacial score (nSPS) is 19.5. The van der Waals surface area contributed by atoms with Gasteiger partial charge >= 0.3 is 0 Å². The first-order valence-corrected chi connectivity index (χ1v) is 12.3. The number of hydrogen-bond donors (Lipinski definition) is 0. The number of anilines is 1. The number of piperidine rings is 1. The van der Waals surface area contributed by atoms with Gasteiger partial charge in [0.2, 0.25) is 5.95 Å². The lowest BCUT2D eigenvalue weighted by molar-refractivity contribution is 0.0951. The molecule has 0 saturated carbocycles. The number of nitriles is 1. The number of ether oxygens (including phenoxy) is 2. The van der Waals surface area contributed by atoms with Crippen LogP contribution in [-0.4, -0.2) is 52.9 Å². The highest BCUT2D eigenvalue weighted by atomic mass is 32.2. The molecule has 0 radical (unpaired) electrons. The molecule has 2 saturated heterocycles. The van der Waals surface area contributed by atoms with Gasteiger partial charge in [-0.3, -0.25) is 4.57 Å². The van der Waals surface area contributed by atoms with E-state index in [0.717, 1.165) is 74.0 Å². The Balaban J connectivity index is 1.32. The summed E-state index contributed by atoms with van der Waals surface area (Å²) in [5.74, 6) is 3.50. The van der Waals surface area contributed by atoms with E-state index < -0.39 is 0 Å². The van der Waals surface area contributed by atoms with Crippen LogP contribution in [-0.2, 0) is 11.3 Å². The number of nitrogens with zero attached hydrogens (tertiary/aromatic N) is 5. The summed E-state index contributed by atoms with van der Waals surface area (Å²) in [6.45, 7) is 6.75. The summed E-state index contributed by atoms with van der Waals surface area (Å²) < 4.78 is 14.0. The van der Waals surface area contributed by atoms with Crippen molar-refractivity contribution in [3.8, 4) is 11.8 Å². The number of hydrogen-bond acceptors (Lipinski definition) is 7. The van der Waals surface area contributed by atoms with E-state index in [1.165, 1.54) is 12.8 Å². The minimum atomic E-state index is 0.262. The van der Waals surface area contributed by atoms with Gasteiger partial charge in [-0.1, -0.05) is 18.7 Å². The molecule has 7 nitrogen and oxygen atoms in total. The zero-order chi connectivity index (χ0) is 21.5. The standard InChI is InChI=1S/C23H31N5O2S/c1-18-9-11-27(12-10-18)22-25-26-23(28(22)17-21-4-2-13-30-21)31-15-3-14-29-20-7-5-19(16-24)6-8-20/h5-8,18,21H,2-4,9-15,17H2,1H3. The first kappa shape index (κ1) is 22.0. The quantitative estimate of drug-likeness (QED) is 0.428. The van der Waals surface area contributed by atoms with Crippen LogP contribution in [0.1, 0.15) is 44.6 Å². The molecule has 2 aliphatic heterocycles. The first-order chi connectivity index (χ1) is 15.2. The van der Waals surface area contributed by atoms with Crippen LogP contribution >= 0.6 is 11.8 Å². The molecule has 1 aromatic carbocycles. The molecule has 0 amide bonds. The number of thioether (sulfide) groups is 1. The molecule has 2 fully saturated rings. The first-order valence-electron chi connectivity index (χ1n) is 11.3. The number of aromatic nitrogens is 3. The minimum absolute atomic E-state index is 0.262. The Morgan fingerprint density at radius 3 is 2.71 bits per heavy atom. The molecule has 1 aromatic heterocycles. The van der Waals surface area contributed by atoms with Gasteiger partial charge in [-0.15, -0.1) is 10.2 Å². The molecule has 2 aromatic rings. The second kappa shape index (κ2) is 10.9. The van der Waals surface area contributed by atoms with Crippen LogP contribution < -0.4 is 9.64 Å². The van der Waals surface area contributed by atoms with Gasteiger partial charge in [0.1, 0.15) is 5.75 Å². The van der Waals surface area contributed by atoms with E-state index in [0.29, 0.717) is 12.2 Å². The Labute approximate surface area is 188 Å². The van der Waals surface area contributed by atoms with Gasteiger partial charge in [0.15, 0.2) is 5.16 Å². The van der Waals surface area contributed by atoms with Crippen molar-refractivity contribution in [1.82, 2.24) is 14.8 Å². The van der Waals surface area contributed by atoms with Gasteiger partial charge < -0.3 is 14.4 Å². The molecule has 2 aliphatic rings. The maximum absolute atomic E-state index is 8.87. The monoisotopic (exact) mass is 441 g/mol. The van der Waals surface area contributed by atoms with Crippen LogP contribution in [0.15, 0.2) is 29.4 Å². The van der Waals surface area contributed by atoms with Crippen LogP contribution in [0.5, 0.6) is 5.75 Å². The zero-order valence-corrected chi connectivity index (χ0v) is 19.0. The highest BCUT2D eigenvalue weighted by Gasteiger charge is 2.25. The molecule has 1 unspecified atom stereocenters. The van der Waals surface area contributed by atoms with E-state index in [1.54, 1.807) is 23.9 Å². The highest BCUT2D eigenvalue weighted by molar-refractivity contribution is 7.99. The smallest absolute Gasteiger partial charge is 0.228 e. The third kappa shape index (κ3) is 5.92. The van der Waals surface area contributed by atoms with E-state index in [2.05, 4.69) is 32.7 Å². The van der Waals surface area contributed by atoms with Gasteiger partial charge in [0.25, 0.3) is 0 Å². The largest absolute Gasteiger partial charge is 0.494 e. The molecule has 8 heteroatoms. The van der Waals surface area contributed by atoms with Crippen molar-refractivity contribution >= 4 is 17.7 Å². The Hall–Kier alpha value is -2.24. The fourth-order valence-electron chi connectivity index (χ4n) is 4.02. The third-order valence-electron chi connectivity index (χ3n) is 5.95. The fourth-order valence-corrected chi connectivity index (χ4v) is 4.88. The van der Waals surface area contributed by atoms with Crippen molar-refractivity contribution in [2.24, 2.45) is 5.92 Å². The number of rotatable bonds is 9. The topological polar surface area (TPSA) is 76.2 Å². The zero-order valence-electron chi connectivity index (χ0n) is 18.2. The number of benzene rings is 1. The van der Waals surface area contributed by atoms with E-state index in [1.807, 2.05) is 12.1 Å². The van der Waals surface area contributed by atoms with Gasteiger partial charge in [-0.2, -0.15) is 5.26 Å². The van der Waals surface area contributed by atoms with Gasteiger partial charge in [0, 0.05) is 25.4 Å². The van der Waals surface area contributed by atoms with Crippen molar-refractivity contribution in [2.45, 2.75) is 56.8 Å². The van der Waals surface area contributed by atoms with Crippen molar-refractivity contribution < 1.29 is 9.47 Å². The molecule has 31 heavy (non-hydrogen) atoms. The Morgan fingerprint density at radius 2 is 2.00 bits per heavy atom. The molecule has 166 valence electrons. The van der Waals surface area contributed by atoms with Crippen LogP contribution in [0.2, 0.25) is 0 Å².